The van der Waals surface area contributed by atoms with Gasteiger partial charge in [-0.1, -0.05) is 66.0 Å². The second-order valence-electron chi connectivity index (χ2n) is 12.5. The van der Waals surface area contributed by atoms with Crippen LogP contribution in [0.1, 0.15) is 138 Å². The number of aromatic nitrogens is 1. The summed E-state index contributed by atoms with van der Waals surface area (Å²) in [6.45, 7) is 12.5. The minimum Gasteiger partial charge on any atom is -0.388 e. The van der Waals surface area contributed by atoms with E-state index in [-0.39, 0.29) is 5.41 Å². The van der Waals surface area contributed by atoms with Crippen LogP contribution in [0.15, 0.2) is 24.3 Å². The molecule has 3 unspecified atom stereocenters. The van der Waals surface area contributed by atoms with Gasteiger partial charge in [-0.25, -0.2) is 0 Å². The standard InChI is InChI=1S/C26H30F3NO3.C5H12/c1-14(31)22-20-21(19-17(30-22)12-24(2,3)13-18(19)32)25(10-4-5-11-25)33-23(20)15-6-8-16(9-7-15)26(27,28)29;1-4-5(2)3/h6-9,14,18,23,31-32H,4-5,10-13H2,1-3H3;5H,4H2,1-3H3. The van der Waals surface area contributed by atoms with Crippen molar-refractivity contribution in [3.8, 4) is 0 Å². The predicted octanol–water partition coefficient (Wildman–Crippen LogP) is 8.10. The van der Waals surface area contributed by atoms with Gasteiger partial charge in [0.25, 0.3) is 0 Å². The van der Waals surface area contributed by atoms with Gasteiger partial charge in [-0.15, -0.1) is 0 Å². The Morgan fingerprint density at radius 3 is 2.13 bits per heavy atom. The first kappa shape index (κ1) is 29.0. The molecule has 1 aliphatic heterocycles. The zero-order valence-electron chi connectivity index (χ0n) is 23.5. The summed E-state index contributed by atoms with van der Waals surface area (Å²) in [4.78, 5) is 4.85. The second kappa shape index (κ2) is 10.5. The van der Waals surface area contributed by atoms with Crippen molar-refractivity contribution >= 4 is 0 Å². The summed E-state index contributed by atoms with van der Waals surface area (Å²) in [7, 11) is 0. The number of halogens is 3. The van der Waals surface area contributed by atoms with E-state index in [1.807, 2.05) is 0 Å². The van der Waals surface area contributed by atoms with Gasteiger partial charge in [0.15, 0.2) is 0 Å². The third-order valence-electron chi connectivity index (χ3n) is 8.33. The molecule has 1 fully saturated rings. The fourth-order valence-corrected chi connectivity index (χ4v) is 6.14. The van der Waals surface area contributed by atoms with Gasteiger partial charge in [0.1, 0.15) is 6.10 Å². The molecule has 38 heavy (non-hydrogen) atoms. The minimum absolute atomic E-state index is 0.126. The number of rotatable bonds is 3. The van der Waals surface area contributed by atoms with Crippen LogP contribution in [0.2, 0.25) is 0 Å². The lowest BCUT2D eigenvalue weighted by Gasteiger charge is -2.38. The lowest BCUT2D eigenvalue weighted by atomic mass is 9.70. The fraction of sp³-hybridized carbons (Fsp3) is 0.645. The molecule has 2 heterocycles. The quantitative estimate of drug-likeness (QED) is 0.418. The number of nitrogens with zero attached hydrogens (tertiary/aromatic N) is 1. The number of aliphatic hydroxyl groups excluding tert-OH is 2. The van der Waals surface area contributed by atoms with E-state index in [4.69, 9.17) is 9.72 Å². The van der Waals surface area contributed by atoms with Crippen molar-refractivity contribution in [3.05, 3.63) is 63.5 Å². The molecular formula is C31H42F3NO3. The Kier molecular flexibility index (Phi) is 8.06. The van der Waals surface area contributed by atoms with Gasteiger partial charge in [0.05, 0.1) is 29.1 Å². The van der Waals surface area contributed by atoms with Crippen LogP contribution in [0.4, 0.5) is 13.2 Å². The van der Waals surface area contributed by atoms with Gasteiger partial charge < -0.3 is 14.9 Å². The summed E-state index contributed by atoms with van der Waals surface area (Å²) in [5.74, 6) is 0.884. The maximum atomic E-state index is 13.1. The molecule has 4 nitrogen and oxygen atoms in total. The lowest BCUT2D eigenvalue weighted by molar-refractivity contribution is -0.137. The monoisotopic (exact) mass is 533 g/mol. The molecule has 2 N–H and O–H groups in total. The summed E-state index contributed by atoms with van der Waals surface area (Å²) < 4.78 is 46.1. The molecule has 1 aromatic carbocycles. The molecule has 1 aromatic heterocycles. The minimum atomic E-state index is -4.41. The van der Waals surface area contributed by atoms with E-state index in [0.29, 0.717) is 24.1 Å². The number of hydrogen-bond donors (Lipinski definition) is 2. The van der Waals surface area contributed by atoms with E-state index in [9.17, 15) is 23.4 Å². The van der Waals surface area contributed by atoms with Crippen LogP contribution < -0.4 is 0 Å². The molecule has 1 spiro atoms. The Morgan fingerprint density at radius 2 is 1.63 bits per heavy atom. The Balaban J connectivity index is 0.000000617. The van der Waals surface area contributed by atoms with Crippen molar-refractivity contribution in [1.82, 2.24) is 4.98 Å². The topological polar surface area (TPSA) is 62.6 Å². The SMILES string of the molecule is CC(O)c1nc2c(c3c1C(c1ccc(C(F)(F)F)cc1)OC31CCCC1)C(O)CC(C)(C)C2.CCC(C)C. The van der Waals surface area contributed by atoms with E-state index < -0.39 is 35.7 Å². The van der Waals surface area contributed by atoms with E-state index >= 15 is 0 Å². The van der Waals surface area contributed by atoms with Crippen LogP contribution >= 0.6 is 0 Å². The van der Waals surface area contributed by atoms with Crippen LogP contribution in [0.3, 0.4) is 0 Å². The molecule has 2 aromatic rings. The number of alkyl halides is 3. The summed E-state index contributed by atoms with van der Waals surface area (Å²) in [5.41, 5.74) is 2.92. The van der Waals surface area contributed by atoms with E-state index in [1.54, 1.807) is 6.92 Å². The molecule has 1 saturated carbocycles. The second-order valence-corrected chi connectivity index (χ2v) is 12.5. The molecule has 0 bridgehead atoms. The lowest BCUT2D eigenvalue weighted by Crippen LogP contribution is -2.32. The van der Waals surface area contributed by atoms with Gasteiger partial charge in [-0.3, -0.25) is 4.98 Å². The molecule has 3 atom stereocenters. The number of benzene rings is 1. The molecule has 210 valence electrons. The number of ether oxygens (including phenoxy) is 1. The molecule has 7 heteroatoms. The zero-order valence-corrected chi connectivity index (χ0v) is 23.5. The third kappa shape index (κ3) is 5.52. The first-order valence-electron chi connectivity index (χ1n) is 14.0. The van der Waals surface area contributed by atoms with Crippen molar-refractivity contribution in [3.63, 3.8) is 0 Å². The molecule has 3 aliphatic rings. The molecule has 0 saturated heterocycles. The van der Waals surface area contributed by atoms with Crippen molar-refractivity contribution < 1.29 is 28.1 Å². The van der Waals surface area contributed by atoms with Crippen LogP contribution in [-0.4, -0.2) is 15.2 Å². The molecule has 5 rings (SSSR count). The summed E-state index contributed by atoms with van der Waals surface area (Å²) >= 11 is 0. The van der Waals surface area contributed by atoms with Gasteiger partial charge in [-0.2, -0.15) is 13.2 Å². The summed E-state index contributed by atoms with van der Waals surface area (Å²) in [5, 5.41) is 21.9. The summed E-state index contributed by atoms with van der Waals surface area (Å²) in [6.07, 6.45) is -0.512. The molecule has 0 amide bonds. The third-order valence-corrected chi connectivity index (χ3v) is 8.33. The van der Waals surface area contributed by atoms with E-state index in [1.165, 1.54) is 18.6 Å². The van der Waals surface area contributed by atoms with Gasteiger partial charge in [-0.05, 0) is 67.2 Å². The van der Waals surface area contributed by atoms with Gasteiger partial charge >= 0.3 is 6.18 Å². The highest BCUT2D eigenvalue weighted by atomic mass is 19.4. The van der Waals surface area contributed by atoms with Crippen LogP contribution in [-0.2, 0) is 22.9 Å². The molecule has 0 radical (unpaired) electrons. The fourth-order valence-electron chi connectivity index (χ4n) is 6.14. The number of hydrogen-bond acceptors (Lipinski definition) is 4. The Bertz CT molecular complexity index is 1130. The molecule has 2 aliphatic carbocycles. The number of aliphatic hydroxyl groups is 2. The average molecular weight is 534 g/mol. The highest BCUT2D eigenvalue weighted by Crippen LogP contribution is 2.59. The Morgan fingerprint density at radius 1 is 1.05 bits per heavy atom. The average Bonchev–Trinajstić information content (AvgIpc) is 3.43. The highest BCUT2D eigenvalue weighted by molar-refractivity contribution is 5.54. The van der Waals surface area contributed by atoms with Gasteiger partial charge in [0.2, 0.25) is 0 Å². The number of pyridine rings is 1. The smallest absolute Gasteiger partial charge is 0.388 e. The Hall–Kier alpha value is -1.96. The van der Waals surface area contributed by atoms with Crippen molar-refractivity contribution in [1.29, 1.82) is 0 Å². The first-order valence-corrected chi connectivity index (χ1v) is 14.0. The van der Waals surface area contributed by atoms with Crippen LogP contribution in [0, 0.1) is 11.3 Å². The number of fused-ring (bicyclic) bond motifs is 4. The first-order chi connectivity index (χ1) is 17.7. The van der Waals surface area contributed by atoms with Crippen LogP contribution in [0.5, 0.6) is 0 Å². The van der Waals surface area contributed by atoms with E-state index in [2.05, 4.69) is 34.6 Å². The van der Waals surface area contributed by atoms with E-state index in [0.717, 1.165) is 66.1 Å². The van der Waals surface area contributed by atoms with Crippen molar-refractivity contribution in [2.24, 2.45) is 11.3 Å². The maximum Gasteiger partial charge on any atom is 0.416 e. The van der Waals surface area contributed by atoms with Crippen molar-refractivity contribution in [2.75, 3.05) is 0 Å². The zero-order chi connectivity index (χ0) is 28.0. The van der Waals surface area contributed by atoms with Crippen LogP contribution in [0.25, 0.3) is 0 Å². The Labute approximate surface area is 224 Å². The highest BCUT2D eigenvalue weighted by Gasteiger charge is 2.52. The maximum absolute atomic E-state index is 13.1. The summed E-state index contributed by atoms with van der Waals surface area (Å²) in [6, 6.07) is 5.05. The largest absolute Gasteiger partial charge is 0.416 e. The van der Waals surface area contributed by atoms with Gasteiger partial charge in [0, 0.05) is 16.8 Å². The van der Waals surface area contributed by atoms with Crippen molar-refractivity contribution in [2.45, 2.75) is 117 Å². The molecular weight excluding hydrogens is 491 g/mol. The normalized spacial score (nSPS) is 24.1. The predicted molar refractivity (Wildman–Crippen MR) is 142 cm³/mol.